The molecule has 4 aromatic carbocycles. The Bertz CT molecular complexity index is 1590. The molecule has 1 fully saturated rings. The molecule has 0 atom stereocenters. The predicted molar refractivity (Wildman–Crippen MR) is 210 cm³/mol. The van der Waals surface area contributed by atoms with E-state index in [0.717, 1.165) is 0 Å². The Hall–Kier alpha value is -3.12. The topological polar surface area (TPSA) is 0 Å². The van der Waals surface area contributed by atoms with E-state index in [2.05, 4.69) is 171 Å². The molecule has 0 aliphatic heterocycles. The van der Waals surface area contributed by atoms with Crippen LogP contribution in [0.4, 0.5) is 0 Å². The highest BCUT2D eigenvalue weighted by molar-refractivity contribution is 5.47. The van der Waals surface area contributed by atoms with Gasteiger partial charge in [-0.15, -0.1) is 0 Å². The van der Waals surface area contributed by atoms with Crippen LogP contribution in [0.3, 0.4) is 0 Å². The highest BCUT2D eigenvalue weighted by Crippen LogP contribution is 2.39. The lowest BCUT2D eigenvalue weighted by atomic mass is 9.70. The monoisotopic (exact) mass is 631 g/mol. The van der Waals surface area contributed by atoms with Crippen molar-refractivity contribution in [2.75, 3.05) is 0 Å². The molecule has 254 valence electrons. The van der Waals surface area contributed by atoms with Gasteiger partial charge < -0.3 is 0 Å². The summed E-state index contributed by atoms with van der Waals surface area (Å²) in [5.41, 5.74) is 19.2. The Labute approximate surface area is 290 Å². The Morgan fingerprint density at radius 1 is 0.468 bits per heavy atom. The molecule has 0 N–H and O–H groups in total. The van der Waals surface area contributed by atoms with Crippen molar-refractivity contribution >= 4 is 0 Å². The van der Waals surface area contributed by atoms with Crippen LogP contribution in [0.2, 0.25) is 0 Å². The van der Waals surface area contributed by atoms with E-state index in [9.17, 15) is 0 Å². The van der Waals surface area contributed by atoms with Crippen LogP contribution in [0, 0.1) is 62.3 Å². The Balaban J connectivity index is 0.000000196. The maximum atomic E-state index is 2.44. The number of aryl methyl sites for hydroxylation is 6. The van der Waals surface area contributed by atoms with Gasteiger partial charge in [0.2, 0.25) is 0 Å². The van der Waals surface area contributed by atoms with Gasteiger partial charge in [-0.05, 0) is 142 Å². The van der Waals surface area contributed by atoms with Crippen molar-refractivity contribution < 1.29 is 0 Å². The fraction of sp³-hybridized carbons (Fsp3) is 0.489. The quantitative estimate of drug-likeness (QED) is 0.211. The lowest BCUT2D eigenvalue weighted by Crippen LogP contribution is -2.25. The maximum Gasteiger partial charge on any atom is 0.0149 e. The lowest BCUT2D eigenvalue weighted by Gasteiger charge is -2.34. The van der Waals surface area contributed by atoms with Crippen molar-refractivity contribution in [1.82, 2.24) is 0 Å². The van der Waals surface area contributed by atoms with Crippen LogP contribution in [-0.2, 0) is 16.2 Å². The van der Waals surface area contributed by atoms with E-state index in [1.54, 1.807) is 5.56 Å². The zero-order valence-electron chi connectivity index (χ0n) is 32.9. The third-order valence-electron chi connectivity index (χ3n) is 11.2. The Kier molecular flexibility index (Phi) is 12.6. The van der Waals surface area contributed by atoms with E-state index in [0.29, 0.717) is 5.41 Å². The zero-order chi connectivity index (χ0) is 35.3. The molecule has 0 heterocycles. The van der Waals surface area contributed by atoms with Crippen LogP contribution in [0.15, 0.2) is 66.7 Å². The number of hydrogen-bond acceptors (Lipinski definition) is 0. The molecule has 1 aliphatic rings. The number of rotatable bonds is 3. The first kappa shape index (κ1) is 38.3. The van der Waals surface area contributed by atoms with Gasteiger partial charge >= 0.3 is 0 Å². The minimum Gasteiger partial charge on any atom is -0.0590 e. The first-order valence-corrected chi connectivity index (χ1v) is 18.1. The molecular formula is C47H66. The van der Waals surface area contributed by atoms with Crippen molar-refractivity contribution in [3.63, 3.8) is 0 Å². The van der Waals surface area contributed by atoms with Gasteiger partial charge in [0, 0.05) is 5.41 Å². The predicted octanol–water partition coefficient (Wildman–Crippen LogP) is 13.7. The highest BCUT2D eigenvalue weighted by Gasteiger charge is 2.29. The van der Waals surface area contributed by atoms with E-state index in [1.807, 2.05) is 0 Å². The van der Waals surface area contributed by atoms with E-state index in [4.69, 9.17) is 0 Å². The molecule has 0 heteroatoms. The fourth-order valence-electron chi connectivity index (χ4n) is 7.17. The molecule has 0 nitrogen and oxygen atoms in total. The molecule has 0 saturated heterocycles. The summed E-state index contributed by atoms with van der Waals surface area (Å²) in [7, 11) is 0. The second-order valence-electron chi connectivity index (χ2n) is 16.7. The molecule has 4 aromatic rings. The van der Waals surface area contributed by atoms with Crippen LogP contribution in [-0.4, -0.2) is 0 Å². The van der Waals surface area contributed by atoms with Crippen molar-refractivity contribution in [3.05, 3.63) is 139 Å². The van der Waals surface area contributed by atoms with Gasteiger partial charge in [-0.3, -0.25) is 0 Å². The maximum absolute atomic E-state index is 2.44. The molecular weight excluding hydrogens is 565 g/mol. The van der Waals surface area contributed by atoms with Crippen molar-refractivity contribution in [1.29, 1.82) is 0 Å². The molecule has 0 bridgehead atoms. The van der Waals surface area contributed by atoms with Crippen molar-refractivity contribution in [2.45, 2.75) is 152 Å². The molecule has 0 aromatic heterocycles. The van der Waals surface area contributed by atoms with Gasteiger partial charge in [0.05, 0.1) is 0 Å². The summed E-state index contributed by atoms with van der Waals surface area (Å²) < 4.78 is 0. The fourth-order valence-corrected chi connectivity index (χ4v) is 7.17. The van der Waals surface area contributed by atoms with E-state index in [-0.39, 0.29) is 10.8 Å². The SMILES string of the molecule is Cc1cc(C(C)(C)C)cc(C)c1C.Cc1cc(C)cc(C2(C)CCCCC2)c1.Cc1ccc(C(C)(C)c2ccc(C)c(C)c2C)cc1. The summed E-state index contributed by atoms with van der Waals surface area (Å²) >= 11 is 0. The summed E-state index contributed by atoms with van der Waals surface area (Å²) in [5, 5.41) is 0. The molecule has 47 heavy (non-hydrogen) atoms. The normalized spacial score (nSPS) is 14.4. The van der Waals surface area contributed by atoms with E-state index >= 15 is 0 Å². The van der Waals surface area contributed by atoms with Crippen LogP contribution >= 0.6 is 0 Å². The van der Waals surface area contributed by atoms with Crippen molar-refractivity contribution in [3.8, 4) is 0 Å². The third kappa shape index (κ3) is 9.72. The summed E-state index contributed by atoms with van der Waals surface area (Å²) in [6, 6.07) is 25.1. The smallest absolute Gasteiger partial charge is 0.0149 e. The summed E-state index contributed by atoms with van der Waals surface area (Å²) in [5.74, 6) is 0. The van der Waals surface area contributed by atoms with E-state index < -0.39 is 0 Å². The first-order chi connectivity index (χ1) is 21.8. The van der Waals surface area contributed by atoms with Crippen LogP contribution < -0.4 is 0 Å². The van der Waals surface area contributed by atoms with Gasteiger partial charge in [-0.2, -0.15) is 0 Å². The molecule has 0 spiro atoms. The average Bonchev–Trinajstić information content (AvgIpc) is 2.98. The zero-order valence-corrected chi connectivity index (χ0v) is 32.9. The minimum absolute atomic E-state index is 0.0518. The number of hydrogen-bond donors (Lipinski definition) is 0. The summed E-state index contributed by atoms with van der Waals surface area (Å²) in [6.45, 7) is 33.6. The van der Waals surface area contributed by atoms with Crippen LogP contribution in [0.1, 0.15) is 146 Å². The standard InChI is InChI=1S/C19H24.C15H22.C13H20/c1-13-7-10-17(11-8-13)19(5,6)18-12-9-14(2)15(3)16(18)4;1-12-9-13(2)11-14(10-12)15(3)7-5-4-6-8-15;1-9-7-12(13(4,5)6)8-10(2)11(9)3/h7-12H,1-6H3;9-11H,4-8H2,1-3H3;7-8H,1-6H3. The summed E-state index contributed by atoms with van der Waals surface area (Å²) in [4.78, 5) is 0. The Morgan fingerprint density at radius 3 is 1.47 bits per heavy atom. The first-order valence-electron chi connectivity index (χ1n) is 18.1. The van der Waals surface area contributed by atoms with E-state index in [1.165, 1.54) is 98.9 Å². The molecule has 1 aliphatic carbocycles. The second kappa shape index (κ2) is 15.4. The van der Waals surface area contributed by atoms with Gasteiger partial charge in [-0.1, -0.05) is 144 Å². The molecule has 0 radical (unpaired) electrons. The Morgan fingerprint density at radius 2 is 0.979 bits per heavy atom. The van der Waals surface area contributed by atoms with Gasteiger partial charge in [0.15, 0.2) is 0 Å². The average molecular weight is 631 g/mol. The molecule has 0 amide bonds. The second-order valence-corrected chi connectivity index (χ2v) is 16.7. The molecule has 1 saturated carbocycles. The van der Waals surface area contributed by atoms with Crippen LogP contribution in [0.25, 0.3) is 0 Å². The van der Waals surface area contributed by atoms with Crippen LogP contribution in [0.5, 0.6) is 0 Å². The minimum atomic E-state index is 0.0518. The third-order valence-corrected chi connectivity index (χ3v) is 11.2. The van der Waals surface area contributed by atoms with Gasteiger partial charge in [0.25, 0.3) is 0 Å². The van der Waals surface area contributed by atoms with Gasteiger partial charge in [0.1, 0.15) is 0 Å². The molecule has 0 unspecified atom stereocenters. The van der Waals surface area contributed by atoms with Gasteiger partial charge in [-0.25, -0.2) is 0 Å². The van der Waals surface area contributed by atoms with Crippen molar-refractivity contribution in [2.24, 2.45) is 0 Å². The highest BCUT2D eigenvalue weighted by atomic mass is 14.3. The summed E-state index contributed by atoms with van der Waals surface area (Å²) in [6.07, 6.45) is 6.99. The number of benzene rings is 4. The largest absolute Gasteiger partial charge is 0.0590 e. The molecule has 5 rings (SSSR count). The lowest BCUT2D eigenvalue weighted by molar-refractivity contribution is 0.319.